The van der Waals surface area contributed by atoms with Crippen LogP contribution in [0.25, 0.3) is 11.3 Å². The van der Waals surface area contributed by atoms with Crippen LogP contribution in [0.15, 0.2) is 59.8 Å². The van der Waals surface area contributed by atoms with E-state index in [4.69, 9.17) is 0 Å². The summed E-state index contributed by atoms with van der Waals surface area (Å²) in [5.74, 6) is 0. The van der Waals surface area contributed by atoms with E-state index < -0.39 is 10.0 Å². The van der Waals surface area contributed by atoms with E-state index in [1.807, 2.05) is 12.1 Å². The van der Waals surface area contributed by atoms with Gasteiger partial charge in [-0.25, -0.2) is 17.4 Å². The average molecular weight is 414 g/mol. The second-order valence-electron chi connectivity index (χ2n) is 5.68. The summed E-state index contributed by atoms with van der Waals surface area (Å²) in [6, 6.07) is 14.9. The molecule has 0 aliphatic carbocycles. The lowest BCUT2D eigenvalue weighted by molar-refractivity contribution is 0.587. The number of nitrogens with zero attached hydrogens (tertiary/aromatic N) is 4. The Labute approximate surface area is 169 Å². The third kappa shape index (κ3) is 3.75. The fourth-order valence-corrected chi connectivity index (χ4v) is 4.32. The minimum atomic E-state index is -4.05. The molecule has 0 bridgehead atoms. The van der Waals surface area contributed by atoms with E-state index in [1.54, 1.807) is 37.4 Å². The molecule has 0 saturated heterocycles. The van der Waals surface area contributed by atoms with Crippen LogP contribution in [0.4, 0.5) is 0 Å². The number of rotatable bonds is 5. The molecule has 1 aromatic carbocycles. The van der Waals surface area contributed by atoms with E-state index in [0.29, 0.717) is 17.8 Å². The van der Waals surface area contributed by atoms with E-state index in [1.165, 1.54) is 24.5 Å². The Bertz CT molecular complexity index is 1190. The first-order valence-corrected chi connectivity index (χ1v) is 9.43. The van der Waals surface area contributed by atoms with Crippen LogP contribution in [0.5, 0.6) is 0 Å². The summed E-state index contributed by atoms with van der Waals surface area (Å²) in [6.45, 7) is 0.442. The van der Waals surface area contributed by atoms with Gasteiger partial charge in [-0.05, 0) is 42.9 Å². The summed E-state index contributed by atoms with van der Waals surface area (Å²) in [4.78, 5) is 3.93. The molecule has 0 aliphatic heterocycles. The Hall–Kier alpha value is -3.17. The summed E-state index contributed by atoms with van der Waals surface area (Å²) in [5.41, 5.74) is 1.62. The zero-order valence-corrected chi connectivity index (χ0v) is 16.5. The van der Waals surface area contributed by atoms with Crippen LogP contribution >= 0.6 is 12.4 Å². The molecule has 0 spiro atoms. The first-order valence-electron chi connectivity index (χ1n) is 7.99. The van der Waals surface area contributed by atoms with Gasteiger partial charge in [-0.2, -0.15) is 10.5 Å². The molecule has 0 atom stereocenters. The average Bonchev–Trinajstić information content (AvgIpc) is 3.12. The van der Waals surface area contributed by atoms with E-state index in [9.17, 15) is 18.9 Å². The van der Waals surface area contributed by atoms with Crippen molar-refractivity contribution in [3.05, 3.63) is 71.7 Å². The molecule has 0 aliphatic rings. The van der Waals surface area contributed by atoms with Gasteiger partial charge < -0.3 is 5.32 Å². The predicted octanol–water partition coefficient (Wildman–Crippen LogP) is 2.67. The number of benzene rings is 1. The van der Waals surface area contributed by atoms with Crippen molar-refractivity contribution in [3.63, 3.8) is 0 Å². The zero-order valence-electron chi connectivity index (χ0n) is 14.8. The first-order chi connectivity index (χ1) is 13.0. The van der Waals surface area contributed by atoms with Crippen LogP contribution in [0.2, 0.25) is 0 Å². The van der Waals surface area contributed by atoms with E-state index >= 15 is 0 Å². The maximum atomic E-state index is 13.3. The highest BCUT2D eigenvalue weighted by Crippen LogP contribution is 2.29. The van der Waals surface area contributed by atoms with Crippen molar-refractivity contribution in [2.45, 2.75) is 11.4 Å². The van der Waals surface area contributed by atoms with Crippen molar-refractivity contribution < 1.29 is 8.42 Å². The van der Waals surface area contributed by atoms with Crippen molar-refractivity contribution in [1.82, 2.24) is 14.3 Å². The van der Waals surface area contributed by atoms with Gasteiger partial charge in [-0.15, -0.1) is 12.4 Å². The quantitative estimate of drug-likeness (QED) is 0.688. The van der Waals surface area contributed by atoms with Crippen LogP contribution in [0, 0.1) is 22.7 Å². The molecule has 1 N–H and O–H groups in total. The van der Waals surface area contributed by atoms with E-state index in [0.717, 1.165) is 9.54 Å². The Morgan fingerprint density at radius 3 is 2.57 bits per heavy atom. The number of aromatic nitrogens is 2. The van der Waals surface area contributed by atoms with Gasteiger partial charge in [0, 0.05) is 24.5 Å². The molecule has 0 saturated carbocycles. The standard InChI is InChI=1S/C19H15N5O2S.ClH/c1-22-12-14-9-18(16-6-4-8-23-17(16)11-21)24(13-14)27(25,26)19-7-3-2-5-15(19)10-20;/h2-9,13,22H,12H2,1H3;1H. The van der Waals surface area contributed by atoms with Gasteiger partial charge in [0.2, 0.25) is 0 Å². The van der Waals surface area contributed by atoms with Gasteiger partial charge in [0.1, 0.15) is 22.7 Å². The third-order valence-electron chi connectivity index (χ3n) is 3.96. The number of pyridine rings is 1. The SMILES string of the molecule is CNCc1cc(-c2cccnc2C#N)n(S(=O)(=O)c2ccccc2C#N)c1.Cl. The van der Waals surface area contributed by atoms with Crippen LogP contribution in [0.3, 0.4) is 0 Å². The summed E-state index contributed by atoms with van der Waals surface area (Å²) >= 11 is 0. The lowest BCUT2D eigenvalue weighted by Crippen LogP contribution is -2.15. The van der Waals surface area contributed by atoms with Gasteiger partial charge in [0.25, 0.3) is 10.0 Å². The van der Waals surface area contributed by atoms with Crippen LogP contribution in [-0.2, 0) is 16.6 Å². The second-order valence-corrected chi connectivity index (χ2v) is 7.47. The molecule has 0 radical (unpaired) electrons. The normalized spacial score (nSPS) is 10.5. The summed E-state index contributed by atoms with van der Waals surface area (Å²) in [7, 11) is -2.30. The number of halogens is 1. The van der Waals surface area contributed by atoms with Crippen LogP contribution < -0.4 is 5.32 Å². The van der Waals surface area contributed by atoms with Gasteiger partial charge in [-0.3, -0.25) is 0 Å². The highest BCUT2D eigenvalue weighted by atomic mass is 35.5. The molecule has 9 heteroatoms. The lowest BCUT2D eigenvalue weighted by Gasteiger charge is -2.12. The van der Waals surface area contributed by atoms with Crippen molar-refractivity contribution in [2.75, 3.05) is 7.05 Å². The van der Waals surface area contributed by atoms with Gasteiger partial charge in [0.15, 0.2) is 0 Å². The molecule has 7 nitrogen and oxygen atoms in total. The van der Waals surface area contributed by atoms with E-state index in [-0.39, 0.29) is 28.6 Å². The molecular formula is C19H16ClN5O2S. The Morgan fingerprint density at radius 1 is 1.14 bits per heavy atom. The monoisotopic (exact) mass is 413 g/mol. The Morgan fingerprint density at radius 2 is 1.89 bits per heavy atom. The summed E-state index contributed by atoms with van der Waals surface area (Å²) < 4.78 is 27.7. The van der Waals surface area contributed by atoms with Gasteiger partial charge in [-0.1, -0.05) is 12.1 Å². The molecule has 3 aromatic rings. The Balaban J connectivity index is 0.00000280. The van der Waals surface area contributed by atoms with Gasteiger partial charge >= 0.3 is 0 Å². The largest absolute Gasteiger partial charge is 0.316 e. The Kier molecular flexibility index (Phi) is 6.55. The minimum absolute atomic E-state index is 0. The van der Waals surface area contributed by atoms with Crippen molar-refractivity contribution in [1.29, 1.82) is 10.5 Å². The van der Waals surface area contributed by atoms with Crippen molar-refractivity contribution in [3.8, 4) is 23.4 Å². The maximum absolute atomic E-state index is 13.3. The summed E-state index contributed by atoms with van der Waals surface area (Å²) in [6.07, 6.45) is 2.97. The second kappa shape index (κ2) is 8.68. The number of hydrogen-bond acceptors (Lipinski definition) is 6. The topological polar surface area (TPSA) is 112 Å². The van der Waals surface area contributed by atoms with Crippen molar-refractivity contribution in [2.24, 2.45) is 0 Å². The fourth-order valence-electron chi connectivity index (χ4n) is 2.78. The number of nitriles is 2. The van der Waals surface area contributed by atoms with Crippen LogP contribution in [-0.4, -0.2) is 24.4 Å². The molecule has 2 heterocycles. The van der Waals surface area contributed by atoms with Crippen LogP contribution in [0.1, 0.15) is 16.8 Å². The molecule has 0 amide bonds. The third-order valence-corrected chi connectivity index (χ3v) is 5.69. The number of hydrogen-bond donors (Lipinski definition) is 1. The highest BCUT2D eigenvalue weighted by Gasteiger charge is 2.25. The zero-order chi connectivity index (χ0) is 19.4. The molecular weight excluding hydrogens is 398 g/mol. The smallest absolute Gasteiger partial charge is 0.269 e. The molecule has 0 fully saturated rings. The predicted molar refractivity (Wildman–Crippen MR) is 106 cm³/mol. The molecule has 3 rings (SSSR count). The fraction of sp³-hybridized carbons (Fsp3) is 0.105. The number of nitrogens with one attached hydrogen (secondary N) is 1. The maximum Gasteiger partial charge on any atom is 0.269 e. The molecule has 0 unspecified atom stereocenters. The molecule has 28 heavy (non-hydrogen) atoms. The molecule has 2 aromatic heterocycles. The van der Waals surface area contributed by atoms with Gasteiger partial charge in [0.05, 0.1) is 11.3 Å². The first kappa shape index (κ1) is 21.1. The van der Waals surface area contributed by atoms with E-state index in [2.05, 4.69) is 10.3 Å². The lowest BCUT2D eigenvalue weighted by atomic mass is 10.1. The molecule has 142 valence electrons. The minimum Gasteiger partial charge on any atom is -0.316 e. The highest BCUT2D eigenvalue weighted by molar-refractivity contribution is 7.90. The van der Waals surface area contributed by atoms with Crippen molar-refractivity contribution >= 4 is 22.4 Å². The summed E-state index contributed by atoms with van der Waals surface area (Å²) in [5, 5.41) is 21.6.